The van der Waals surface area contributed by atoms with Crippen LogP contribution in [0.4, 0.5) is 21.0 Å². The van der Waals surface area contributed by atoms with Crippen molar-refractivity contribution in [1.29, 1.82) is 0 Å². The van der Waals surface area contributed by atoms with Crippen LogP contribution >= 0.6 is 0 Å². The number of fused-ring (bicyclic) bond motifs is 2. The van der Waals surface area contributed by atoms with Crippen LogP contribution in [0.15, 0.2) is 28.8 Å². The maximum atomic E-state index is 14.1. The van der Waals surface area contributed by atoms with Gasteiger partial charge in [0.15, 0.2) is 17.0 Å². The summed E-state index contributed by atoms with van der Waals surface area (Å²) in [5.74, 6) is 0.556. The number of aromatic nitrogens is 4. The smallest absolute Gasteiger partial charge is 0.594 e. The molecule has 11 nitrogen and oxygen atoms in total. The van der Waals surface area contributed by atoms with Crippen LogP contribution in [0.1, 0.15) is 12.8 Å². The first kappa shape index (κ1) is 23.7. The molecule has 0 radical (unpaired) electrons. The van der Waals surface area contributed by atoms with Crippen LogP contribution in [0.5, 0.6) is 0 Å². The van der Waals surface area contributed by atoms with Crippen molar-refractivity contribution in [2.75, 3.05) is 31.4 Å². The molecule has 32 heavy (non-hydrogen) atoms. The molecule has 0 aromatic carbocycles. The molecule has 3 N–H and O–H groups in total. The van der Waals surface area contributed by atoms with Crippen molar-refractivity contribution in [3.63, 3.8) is 0 Å². The van der Waals surface area contributed by atoms with Crippen LogP contribution in [-0.4, -0.2) is 71.3 Å². The van der Waals surface area contributed by atoms with E-state index >= 15 is 0 Å². The van der Waals surface area contributed by atoms with E-state index in [0.29, 0.717) is 22.7 Å². The number of imidazole rings is 1. The summed E-state index contributed by atoms with van der Waals surface area (Å²) in [5, 5.41) is 8.70. The number of amides is 1. The predicted octanol–water partition coefficient (Wildman–Crippen LogP) is -1.51. The number of nitrogens with zero attached hydrogens (tertiary/aromatic N) is 5. The number of rotatable bonds is 3. The van der Waals surface area contributed by atoms with Gasteiger partial charge in [0.05, 0.1) is 19.3 Å². The van der Waals surface area contributed by atoms with E-state index in [-0.39, 0.29) is 49.9 Å². The molecule has 13 heteroatoms. The zero-order valence-corrected chi connectivity index (χ0v) is 17.9. The molecule has 0 saturated heterocycles. The number of allylic oxidation sites excluding steroid dienone is 1. The molecule has 2 aromatic rings. The second-order valence-corrected chi connectivity index (χ2v) is 7.02. The van der Waals surface area contributed by atoms with Crippen LogP contribution in [0.2, 0.25) is 0 Å². The first-order valence-corrected chi connectivity index (χ1v) is 9.56. The topological polar surface area (TPSA) is 128 Å². The Bertz CT molecular complexity index is 1070. The average Bonchev–Trinajstić information content (AvgIpc) is 3.33. The molecule has 0 spiro atoms. The Labute approximate surface area is 195 Å². The van der Waals surface area contributed by atoms with Crippen molar-refractivity contribution >= 4 is 35.7 Å². The van der Waals surface area contributed by atoms with E-state index in [0.717, 1.165) is 0 Å². The third kappa shape index (κ3) is 4.77. The minimum Gasteiger partial charge on any atom is -0.594 e. The van der Waals surface area contributed by atoms with Crippen molar-refractivity contribution in [3.8, 4) is 0 Å². The Morgan fingerprint density at radius 1 is 1.44 bits per heavy atom. The van der Waals surface area contributed by atoms with Gasteiger partial charge in [0.25, 0.3) is 0 Å². The van der Waals surface area contributed by atoms with Crippen molar-refractivity contribution in [1.82, 2.24) is 24.8 Å². The maximum absolute atomic E-state index is 14.1. The van der Waals surface area contributed by atoms with Gasteiger partial charge in [-0.1, -0.05) is 6.26 Å². The summed E-state index contributed by atoms with van der Waals surface area (Å²) in [6, 6.07) is -1.04. The maximum Gasteiger partial charge on any atom is 1.00 e. The number of carbonyl (C=O) groups is 1. The van der Waals surface area contributed by atoms with Gasteiger partial charge in [-0.25, -0.2) is 24.8 Å². The van der Waals surface area contributed by atoms with E-state index in [1.165, 1.54) is 18.0 Å². The normalized spacial score (nSPS) is 26.2. The number of methoxy groups -OCH3 is 1. The summed E-state index contributed by atoms with van der Waals surface area (Å²) in [6.07, 6.45) is 4.17. The molecular formula is C19H21FLiN8O3-. The number of hydrogen-bond acceptors (Lipinski definition) is 9. The minimum absolute atomic E-state index is 0. The fourth-order valence-corrected chi connectivity index (χ4v) is 3.58. The molecule has 1 fully saturated rings. The number of hydrogen-bond donors (Lipinski definition) is 3. The first-order chi connectivity index (χ1) is 15.0. The molecule has 3 heterocycles. The van der Waals surface area contributed by atoms with E-state index < -0.39 is 24.3 Å². The van der Waals surface area contributed by atoms with Crippen molar-refractivity contribution in [2.24, 2.45) is 4.99 Å². The number of carbonyl (C=O) groups excluding carboxylic acids is 1. The standard InChI is InChI=1S/C19H21FN8O3.Li/c1-21-11-6-12(7-30-3)24-18-26-16(22-2)15-17(27-18)28(9-23-15)19(29)25-13-4-10(20)5-14(13)31-8-11;/h1,6,9-10,13-14H,4-5,8H2,2-3H3,(H,25,29)(H2,22,24,26,27);/q-2;+1/b11-6-;/t10-,13-,14-;/m1./s1. The summed E-state index contributed by atoms with van der Waals surface area (Å²) in [5.41, 5.74) is 1.31. The Kier molecular flexibility index (Phi) is 7.50. The summed E-state index contributed by atoms with van der Waals surface area (Å²) in [7, 11) is 3.10. The molecule has 1 aliphatic carbocycles. The van der Waals surface area contributed by atoms with Gasteiger partial charge in [-0.05, 0) is 0 Å². The average molecular weight is 435 g/mol. The molecular weight excluding hydrogens is 414 g/mol. The quantitative estimate of drug-likeness (QED) is 0.230. The summed E-state index contributed by atoms with van der Waals surface area (Å²) < 4.78 is 26.2. The number of aliphatic imine (C=N–C) groups is 1. The van der Waals surface area contributed by atoms with Gasteiger partial charge in [0.1, 0.15) is 12.5 Å². The Balaban J connectivity index is 0.00000289. The molecule has 1 saturated carbocycles. The van der Waals surface area contributed by atoms with Crippen molar-refractivity contribution in [2.45, 2.75) is 31.2 Å². The largest absolute Gasteiger partial charge is 1.00 e. The second kappa shape index (κ2) is 10.1. The number of alkyl halides is 1. The van der Waals surface area contributed by atoms with Gasteiger partial charge in [-0.3, -0.25) is 0 Å². The van der Waals surface area contributed by atoms with E-state index in [9.17, 15) is 9.18 Å². The predicted molar refractivity (Wildman–Crippen MR) is 110 cm³/mol. The van der Waals surface area contributed by atoms with E-state index in [2.05, 4.69) is 42.2 Å². The van der Waals surface area contributed by atoms with E-state index in [1.54, 1.807) is 13.1 Å². The number of halogens is 1. The van der Waals surface area contributed by atoms with E-state index in [1.807, 2.05) is 0 Å². The molecule has 1 aliphatic heterocycles. The van der Waals surface area contributed by atoms with Crippen LogP contribution in [-0.2, 0) is 9.47 Å². The second-order valence-electron chi connectivity index (χ2n) is 7.02. The zero-order chi connectivity index (χ0) is 22.0. The van der Waals surface area contributed by atoms with Gasteiger partial charge in [0.2, 0.25) is 5.95 Å². The molecule has 1 amide bonds. The molecule has 164 valence electrons. The Morgan fingerprint density at radius 3 is 2.97 bits per heavy atom. The van der Waals surface area contributed by atoms with Crippen LogP contribution in [0.3, 0.4) is 0 Å². The van der Waals surface area contributed by atoms with E-state index in [4.69, 9.17) is 16.2 Å². The van der Waals surface area contributed by atoms with Gasteiger partial charge in [0, 0.05) is 26.5 Å². The van der Waals surface area contributed by atoms with Crippen LogP contribution in [0, 0.1) is 6.26 Å². The monoisotopic (exact) mass is 435 g/mol. The van der Waals surface area contributed by atoms with Gasteiger partial charge in [-0.15, -0.1) is 5.70 Å². The fourth-order valence-electron chi connectivity index (χ4n) is 3.58. The molecule has 2 bridgehead atoms. The SMILES string of the molecule is [CH-]=N/C1=C\C(=[C-]OC)Nc2nc(NC)c3ncn(c3n2)C(=O)N[C@@H]2C[C@@H](F)C[C@H]2OC1.[Li+]. The van der Waals surface area contributed by atoms with Gasteiger partial charge >= 0.3 is 24.9 Å². The van der Waals surface area contributed by atoms with Gasteiger partial charge in [-0.2, -0.15) is 22.4 Å². The Morgan fingerprint density at radius 2 is 2.25 bits per heavy atom. The Hall–Kier alpha value is -2.94. The molecule has 0 unspecified atom stereocenters. The van der Waals surface area contributed by atoms with Crippen molar-refractivity contribution < 1.29 is 37.5 Å². The molecule has 2 aromatic heterocycles. The number of nitrogens with one attached hydrogen (secondary N) is 3. The van der Waals surface area contributed by atoms with Crippen molar-refractivity contribution in [3.05, 3.63) is 30.1 Å². The molecule has 4 rings (SSSR count). The summed E-state index contributed by atoms with van der Waals surface area (Å²) in [6.45, 7) is 5.49. The minimum atomic E-state index is -1.10. The van der Waals surface area contributed by atoms with Gasteiger partial charge < -0.3 is 30.4 Å². The molecule has 2 aliphatic rings. The summed E-state index contributed by atoms with van der Waals surface area (Å²) in [4.78, 5) is 29.7. The van der Waals surface area contributed by atoms with Crippen LogP contribution < -0.4 is 34.8 Å². The fraction of sp³-hybridized carbons (Fsp3) is 0.421. The zero-order valence-electron chi connectivity index (χ0n) is 17.9. The number of ether oxygens (including phenoxy) is 2. The summed E-state index contributed by atoms with van der Waals surface area (Å²) >= 11 is 0. The third-order valence-electron chi connectivity index (χ3n) is 4.99. The molecule has 3 atom stereocenters. The van der Waals surface area contributed by atoms with Crippen LogP contribution in [0.25, 0.3) is 11.2 Å². The first-order valence-electron chi connectivity index (χ1n) is 9.56. The number of anilines is 2. The third-order valence-corrected chi connectivity index (χ3v) is 4.99.